The van der Waals surface area contributed by atoms with Gasteiger partial charge in [-0.15, -0.1) is 0 Å². The minimum atomic E-state index is -0.795. The van der Waals surface area contributed by atoms with Gasteiger partial charge in [0.05, 0.1) is 5.56 Å². The lowest BCUT2D eigenvalue weighted by Gasteiger charge is -2.08. The van der Waals surface area contributed by atoms with Crippen molar-refractivity contribution < 1.29 is 14.0 Å². The van der Waals surface area contributed by atoms with Crippen molar-refractivity contribution in [1.82, 2.24) is 15.4 Å². The van der Waals surface area contributed by atoms with Crippen molar-refractivity contribution in [3.63, 3.8) is 0 Å². The standard InChI is InChI=1S/C13H10BrClFN3O2/c1-19-6-7(14)4-11(19)13(21)18-17-12(20)9-5-8(15)2-3-10(9)16/h2-6H,1H3,(H,17,20)(H,18,21). The summed E-state index contributed by atoms with van der Waals surface area (Å²) in [4.78, 5) is 23.7. The highest BCUT2D eigenvalue weighted by Crippen LogP contribution is 2.15. The van der Waals surface area contributed by atoms with Gasteiger partial charge >= 0.3 is 0 Å². The van der Waals surface area contributed by atoms with E-state index in [4.69, 9.17) is 11.6 Å². The summed E-state index contributed by atoms with van der Waals surface area (Å²) in [6.45, 7) is 0. The smallest absolute Gasteiger partial charge is 0.286 e. The molecule has 0 aliphatic carbocycles. The second-order valence-corrected chi connectivity index (χ2v) is 5.54. The number of hydrogen-bond donors (Lipinski definition) is 2. The molecule has 0 spiro atoms. The van der Waals surface area contributed by atoms with Gasteiger partial charge in [0, 0.05) is 22.7 Å². The predicted molar refractivity (Wildman–Crippen MR) is 79.5 cm³/mol. The molecule has 1 heterocycles. The van der Waals surface area contributed by atoms with Crippen LogP contribution < -0.4 is 10.9 Å². The molecule has 0 saturated carbocycles. The summed E-state index contributed by atoms with van der Waals surface area (Å²) in [5.41, 5.74) is 4.42. The van der Waals surface area contributed by atoms with E-state index >= 15 is 0 Å². The first kappa shape index (κ1) is 15.5. The highest BCUT2D eigenvalue weighted by molar-refractivity contribution is 9.10. The molecule has 0 radical (unpaired) electrons. The Bertz CT molecular complexity index is 717. The number of carbonyl (C=O) groups excluding carboxylic acids is 2. The molecular weight excluding hydrogens is 365 g/mol. The predicted octanol–water partition coefficient (Wildman–Crippen LogP) is 2.65. The molecule has 8 heteroatoms. The van der Waals surface area contributed by atoms with Crippen molar-refractivity contribution in [2.75, 3.05) is 0 Å². The van der Waals surface area contributed by atoms with Crippen molar-refractivity contribution >= 4 is 39.3 Å². The Morgan fingerprint density at radius 1 is 1.24 bits per heavy atom. The van der Waals surface area contributed by atoms with Gasteiger partial charge < -0.3 is 4.57 Å². The number of hydrazine groups is 1. The van der Waals surface area contributed by atoms with Gasteiger partial charge in [0.1, 0.15) is 11.5 Å². The Morgan fingerprint density at radius 2 is 1.90 bits per heavy atom. The van der Waals surface area contributed by atoms with E-state index in [0.717, 1.165) is 10.5 Å². The fraction of sp³-hybridized carbons (Fsp3) is 0.0769. The lowest BCUT2D eigenvalue weighted by atomic mass is 10.2. The zero-order valence-corrected chi connectivity index (χ0v) is 13.1. The first-order valence-corrected chi connectivity index (χ1v) is 6.93. The second-order valence-electron chi connectivity index (χ2n) is 4.19. The lowest BCUT2D eigenvalue weighted by molar-refractivity contribution is 0.0840. The molecule has 1 aromatic heterocycles. The van der Waals surface area contributed by atoms with Gasteiger partial charge in [0.25, 0.3) is 11.8 Å². The van der Waals surface area contributed by atoms with Crippen molar-refractivity contribution in [3.05, 3.63) is 57.0 Å². The first-order valence-electron chi connectivity index (χ1n) is 5.76. The normalized spacial score (nSPS) is 10.3. The Labute approximate surface area is 133 Å². The maximum Gasteiger partial charge on any atom is 0.286 e. The van der Waals surface area contributed by atoms with Crippen LogP contribution in [-0.4, -0.2) is 16.4 Å². The fourth-order valence-electron chi connectivity index (χ4n) is 1.67. The van der Waals surface area contributed by atoms with Gasteiger partial charge in [0.2, 0.25) is 0 Å². The van der Waals surface area contributed by atoms with Crippen molar-refractivity contribution in [3.8, 4) is 0 Å². The Kier molecular flexibility index (Phi) is 4.64. The van der Waals surface area contributed by atoms with Gasteiger partial charge in [0.15, 0.2) is 0 Å². The van der Waals surface area contributed by atoms with Crippen LogP contribution in [0.5, 0.6) is 0 Å². The third kappa shape index (κ3) is 3.62. The maximum absolute atomic E-state index is 13.5. The van der Waals surface area contributed by atoms with E-state index in [-0.39, 0.29) is 10.6 Å². The zero-order valence-electron chi connectivity index (χ0n) is 10.8. The van der Waals surface area contributed by atoms with E-state index < -0.39 is 17.6 Å². The first-order chi connectivity index (χ1) is 9.88. The highest BCUT2D eigenvalue weighted by atomic mass is 79.9. The number of nitrogens with one attached hydrogen (secondary N) is 2. The fourth-order valence-corrected chi connectivity index (χ4v) is 2.36. The number of rotatable bonds is 2. The van der Waals surface area contributed by atoms with Crippen LogP contribution in [0.25, 0.3) is 0 Å². The van der Waals surface area contributed by atoms with E-state index in [1.807, 2.05) is 0 Å². The molecule has 21 heavy (non-hydrogen) atoms. The number of aryl methyl sites for hydroxylation is 1. The number of aromatic nitrogens is 1. The van der Waals surface area contributed by atoms with Gasteiger partial charge in [-0.25, -0.2) is 4.39 Å². The monoisotopic (exact) mass is 373 g/mol. The Balaban J connectivity index is 2.06. The molecule has 5 nitrogen and oxygen atoms in total. The molecule has 0 atom stereocenters. The molecule has 2 rings (SSSR count). The van der Waals surface area contributed by atoms with Crippen LogP contribution in [0.4, 0.5) is 4.39 Å². The number of halogens is 3. The quantitative estimate of drug-likeness (QED) is 0.794. The van der Waals surface area contributed by atoms with E-state index in [0.29, 0.717) is 5.69 Å². The molecule has 0 unspecified atom stereocenters. The highest BCUT2D eigenvalue weighted by Gasteiger charge is 2.15. The maximum atomic E-state index is 13.5. The van der Waals surface area contributed by atoms with Crippen LogP contribution in [0, 0.1) is 5.82 Å². The average molecular weight is 375 g/mol. The SMILES string of the molecule is Cn1cc(Br)cc1C(=O)NNC(=O)c1cc(Cl)ccc1F. The van der Waals surface area contributed by atoms with Crippen molar-refractivity contribution in [1.29, 1.82) is 0 Å². The van der Waals surface area contributed by atoms with Gasteiger partial charge in [-0.1, -0.05) is 11.6 Å². The van der Waals surface area contributed by atoms with Crippen LogP contribution in [0.1, 0.15) is 20.8 Å². The van der Waals surface area contributed by atoms with Crippen LogP contribution in [0.2, 0.25) is 5.02 Å². The summed E-state index contributed by atoms with van der Waals surface area (Å²) >= 11 is 8.93. The molecule has 2 N–H and O–H groups in total. The topological polar surface area (TPSA) is 63.1 Å². The minimum absolute atomic E-state index is 0.222. The van der Waals surface area contributed by atoms with Gasteiger partial charge in [-0.3, -0.25) is 20.4 Å². The number of hydrogen-bond acceptors (Lipinski definition) is 2. The summed E-state index contributed by atoms with van der Waals surface area (Å²) < 4.78 is 15.8. The molecule has 0 aliphatic heterocycles. The van der Waals surface area contributed by atoms with Crippen LogP contribution >= 0.6 is 27.5 Å². The molecule has 2 aromatic rings. The molecule has 1 aromatic carbocycles. The van der Waals surface area contributed by atoms with Gasteiger partial charge in [-0.05, 0) is 40.2 Å². The summed E-state index contributed by atoms with van der Waals surface area (Å²) in [5, 5.41) is 0.222. The summed E-state index contributed by atoms with van der Waals surface area (Å²) in [7, 11) is 1.68. The van der Waals surface area contributed by atoms with Crippen molar-refractivity contribution in [2.24, 2.45) is 7.05 Å². The molecule has 0 saturated heterocycles. The lowest BCUT2D eigenvalue weighted by Crippen LogP contribution is -2.42. The molecule has 0 bridgehead atoms. The van der Waals surface area contributed by atoms with Crippen LogP contribution in [0.15, 0.2) is 34.9 Å². The number of nitrogens with zero attached hydrogens (tertiary/aromatic N) is 1. The molecular formula is C13H10BrClFN3O2. The Morgan fingerprint density at radius 3 is 2.52 bits per heavy atom. The summed E-state index contributed by atoms with van der Waals surface area (Å²) in [6.07, 6.45) is 1.69. The number of carbonyl (C=O) groups is 2. The van der Waals surface area contributed by atoms with E-state index in [1.165, 1.54) is 12.1 Å². The third-order valence-electron chi connectivity index (χ3n) is 2.67. The number of benzene rings is 1. The van der Waals surface area contributed by atoms with Crippen LogP contribution in [0.3, 0.4) is 0 Å². The number of amides is 2. The molecule has 0 aliphatic rings. The van der Waals surface area contributed by atoms with Gasteiger partial charge in [-0.2, -0.15) is 0 Å². The summed E-state index contributed by atoms with van der Waals surface area (Å²) in [5.74, 6) is -2.05. The summed E-state index contributed by atoms with van der Waals surface area (Å²) in [6, 6.07) is 5.17. The average Bonchev–Trinajstić information content (AvgIpc) is 2.77. The molecule has 2 amide bonds. The molecule has 110 valence electrons. The van der Waals surface area contributed by atoms with Crippen LogP contribution in [-0.2, 0) is 7.05 Å². The minimum Gasteiger partial charge on any atom is -0.345 e. The second kappa shape index (κ2) is 6.28. The van der Waals surface area contributed by atoms with E-state index in [1.54, 1.807) is 23.9 Å². The zero-order chi connectivity index (χ0) is 15.6. The molecule has 0 fully saturated rings. The van der Waals surface area contributed by atoms with Crippen molar-refractivity contribution in [2.45, 2.75) is 0 Å². The largest absolute Gasteiger partial charge is 0.345 e. The Hall–Kier alpha value is -1.86. The third-order valence-corrected chi connectivity index (χ3v) is 3.34. The van der Waals surface area contributed by atoms with E-state index in [2.05, 4.69) is 26.8 Å². The van der Waals surface area contributed by atoms with E-state index in [9.17, 15) is 14.0 Å².